The number of H-pyrrole nitrogens is 1. The van der Waals surface area contributed by atoms with Gasteiger partial charge in [0.15, 0.2) is 0 Å². The van der Waals surface area contributed by atoms with Gasteiger partial charge in [-0.25, -0.2) is 4.99 Å². The molecule has 0 radical (unpaired) electrons. The molecule has 1 aliphatic rings. The molecule has 4 rings (SSSR count). The lowest BCUT2D eigenvalue weighted by Gasteiger charge is -1.99. The number of aromatic amines is 1. The average molecular weight is 340 g/mol. The van der Waals surface area contributed by atoms with Gasteiger partial charge in [-0.2, -0.15) is 5.26 Å². The van der Waals surface area contributed by atoms with Crippen molar-refractivity contribution in [3.8, 4) is 6.07 Å². The Hall–Kier alpha value is -3.98. The molecule has 124 valence electrons. The Morgan fingerprint density at radius 3 is 2.54 bits per heavy atom. The SMILES string of the molecule is N#Cc1ccc(C=NC2=C(c3c[nH]c4ccccc34)C(=O)NC2=O)cc1. The number of nitrogens with one attached hydrogen (secondary N) is 2. The summed E-state index contributed by atoms with van der Waals surface area (Å²) in [5, 5.41) is 12.0. The van der Waals surface area contributed by atoms with E-state index in [9.17, 15) is 9.59 Å². The van der Waals surface area contributed by atoms with Crippen LogP contribution in [-0.2, 0) is 9.59 Å². The quantitative estimate of drug-likeness (QED) is 0.566. The third-order valence-electron chi connectivity index (χ3n) is 4.15. The number of imide groups is 1. The Morgan fingerprint density at radius 2 is 1.77 bits per heavy atom. The van der Waals surface area contributed by atoms with Crippen molar-refractivity contribution in [1.82, 2.24) is 10.3 Å². The van der Waals surface area contributed by atoms with Gasteiger partial charge >= 0.3 is 0 Å². The second kappa shape index (κ2) is 6.15. The maximum absolute atomic E-state index is 12.3. The van der Waals surface area contributed by atoms with Gasteiger partial charge in [-0.3, -0.25) is 14.9 Å². The number of rotatable bonds is 3. The zero-order valence-electron chi connectivity index (χ0n) is 13.5. The van der Waals surface area contributed by atoms with Crippen LogP contribution in [0.5, 0.6) is 0 Å². The lowest BCUT2D eigenvalue weighted by atomic mass is 10.0. The fourth-order valence-corrected chi connectivity index (χ4v) is 2.88. The molecule has 2 N–H and O–H groups in total. The van der Waals surface area contributed by atoms with Crippen LogP contribution >= 0.6 is 0 Å². The second-order valence-corrected chi connectivity index (χ2v) is 5.75. The number of benzene rings is 2. The van der Waals surface area contributed by atoms with E-state index in [-0.39, 0.29) is 11.3 Å². The summed E-state index contributed by atoms with van der Waals surface area (Å²) in [6.45, 7) is 0. The van der Waals surface area contributed by atoms with E-state index < -0.39 is 11.8 Å². The Balaban J connectivity index is 1.80. The highest BCUT2D eigenvalue weighted by Crippen LogP contribution is 2.30. The molecule has 2 heterocycles. The zero-order chi connectivity index (χ0) is 18.1. The van der Waals surface area contributed by atoms with Crippen molar-refractivity contribution < 1.29 is 9.59 Å². The van der Waals surface area contributed by atoms with E-state index >= 15 is 0 Å². The smallest absolute Gasteiger partial charge is 0.277 e. The fraction of sp³-hybridized carbons (Fsp3) is 0. The van der Waals surface area contributed by atoms with E-state index in [0.29, 0.717) is 11.1 Å². The first kappa shape index (κ1) is 15.5. The van der Waals surface area contributed by atoms with E-state index in [1.54, 1.807) is 30.5 Å². The number of hydrogen-bond acceptors (Lipinski definition) is 4. The van der Waals surface area contributed by atoms with E-state index in [1.807, 2.05) is 30.3 Å². The molecule has 2 aromatic carbocycles. The van der Waals surface area contributed by atoms with Gasteiger partial charge in [0.1, 0.15) is 5.70 Å². The summed E-state index contributed by atoms with van der Waals surface area (Å²) in [5.41, 5.74) is 3.09. The van der Waals surface area contributed by atoms with Gasteiger partial charge < -0.3 is 4.98 Å². The van der Waals surface area contributed by atoms with E-state index in [4.69, 9.17) is 5.26 Å². The number of carbonyl (C=O) groups is 2. The highest BCUT2D eigenvalue weighted by molar-refractivity contribution is 6.37. The molecule has 0 saturated carbocycles. The van der Waals surface area contributed by atoms with Gasteiger partial charge in [-0.1, -0.05) is 30.3 Å². The average Bonchev–Trinajstić information content (AvgIpc) is 3.20. The highest BCUT2D eigenvalue weighted by Gasteiger charge is 2.32. The van der Waals surface area contributed by atoms with Gasteiger partial charge in [0, 0.05) is 28.9 Å². The number of nitriles is 1. The van der Waals surface area contributed by atoms with Crippen molar-refractivity contribution in [2.24, 2.45) is 4.99 Å². The molecule has 0 saturated heterocycles. The Morgan fingerprint density at radius 1 is 1.00 bits per heavy atom. The largest absolute Gasteiger partial charge is 0.361 e. The number of aromatic nitrogens is 1. The summed E-state index contributed by atoms with van der Waals surface area (Å²) < 4.78 is 0. The minimum absolute atomic E-state index is 0.0733. The summed E-state index contributed by atoms with van der Waals surface area (Å²) >= 11 is 0. The molecule has 0 aliphatic carbocycles. The molecule has 0 unspecified atom stereocenters. The minimum atomic E-state index is -0.528. The third kappa shape index (κ3) is 2.58. The Bertz CT molecular complexity index is 1140. The minimum Gasteiger partial charge on any atom is -0.361 e. The molecule has 1 aromatic heterocycles. The van der Waals surface area contributed by atoms with Crippen LogP contribution in [-0.4, -0.2) is 23.0 Å². The highest BCUT2D eigenvalue weighted by atomic mass is 16.2. The lowest BCUT2D eigenvalue weighted by molar-refractivity contribution is -0.123. The van der Waals surface area contributed by atoms with Crippen LogP contribution in [0.15, 0.2) is 65.4 Å². The van der Waals surface area contributed by atoms with Crippen molar-refractivity contribution in [2.45, 2.75) is 0 Å². The fourth-order valence-electron chi connectivity index (χ4n) is 2.88. The predicted molar refractivity (Wildman–Crippen MR) is 97.1 cm³/mol. The molecule has 0 fully saturated rings. The first-order chi connectivity index (χ1) is 12.7. The predicted octanol–water partition coefficient (Wildman–Crippen LogP) is 2.53. The molecule has 0 atom stereocenters. The number of carbonyl (C=O) groups excluding carboxylic acids is 2. The van der Waals surface area contributed by atoms with Gasteiger partial charge in [-0.15, -0.1) is 0 Å². The maximum Gasteiger partial charge on any atom is 0.277 e. The van der Waals surface area contributed by atoms with Gasteiger partial charge in [-0.05, 0) is 23.8 Å². The summed E-state index contributed by atoms with van der Waals surface area (Å²) in [4.78, 5) is 31.9. The number of nitrogens with zero attached hydrogens (tertiary/aromatic N) is 2. The Kier molecular flexibility index (Phi) is 3.67. The first-order valence-electron chi connectivity index (χ1n) is 7.88. The normalized spacial score (nSPS) is 14.3. The van der Waals surface area contributed by atoms with E-state index in [0.717, 1.165) is 16.5 Å². The molecule has 6 heteroatoms. The number of amides is 2. The van der Waals surface area contributed by atoms with Crippen LogP contribution in [0, 0.1) is 11.3 Å². The van der Waals surface area contributed by atoms with Crippen LogP contribution in [0.25, 0.3) is 16.5 Å². The van der Waals surface area contributed by atoms with Crippen LogP contribution in [0.1, 0.15) is 16.7 Å². The molecule has 6 nitrogen and oxygen atoms in total. The molecular formula is C20H12N4O2. The van der Waals surface area contributed by atoms with Gasteiger partial charge in [0.2, 0.25) is 0 Å². The molecule has 0 spiro atoms. The zero-order valence-corrected chi connectivity index (χ0v) is 13.5. The third-order valence-corrected chi connectivity index (χ3v) is 4.15. The second-order valence-electron chi connectivity index (χ2n) is 5.75. The molecular weight excluding hydrogens is 328 g/mol. The summed E-state index contributed by atoms with van der Waals surface area (Å²) in [7, 11) is 0. The van der Waals surface area contributed by atoms with Crippen LogP contribution in [0.2, 0.25) is 0 Å². The van der Waals surface area contributed by atoms with Crippen molar-refractivity contribution in [2.75, 3.05) is 0 Å². The number of aliphatic imine (C=N–C) groups is 1. The van der Waals surface area contributed by atoms with Gasteiger partial charge in [0.05, 0.1) is 17.2 Å². The molecule has 26 heavy (non-hydrogen) atoms. The van der Waals surface area contributed by atoms with Crippen LogP contribution < -0.4 is 5.32 Å². The molecule has 2 amide bonds. The van der Waals surface area contributed by atoms with Crippen molar-refractivity contribution in [1.29, 1.82) is 5.26 Å². The van der Waals surface area contributed by atoms with Crippen molar-refractivity contribution in [3.63, 3.8) is 0 Å². The number of para-hydroxylation sites is 1. The molecule has 3 aromatic rings. The molecule has 0 bridgehead atoms. The number of hydrogen-bond donors (Lipinski definition) is 2. The summed E-state index contributed by atoms with van der Waals surface area (Å²) in [6.07, 6.45) is 3.21. The number of fused-ring (bicyclic) bond motifs is 1. The maximum atomic E-state index is 12.3. The molecule has 1 aliphatic heterocycles. The van der Waals surface area contributed by atoms with Gasteiger partial charge in [0.25, 0.3) is 11.8 Å². The first-order valence-corrected chi connectivity index (χ1v) is 7.88. The van der Waals surface area contributed by atoms with Crippen LogP contribution in [0.3, 0.4) is 0 Å². The van der Waals surface area contributed by atoms with Crippen LogP contribution in [0.4, 0.5) is 0 Å². The Labute approximate surface area is 148 Å². The topological polar surface area (TPSA) is 98.1 Å². The van der Waals surface area contributed by atoms with Crippen molar-refractivity contribution in [3.05, 3.63) is 77.1 Å². The lowest BCUT2D eigenvalue weighted by Crippen LogP contribution is -2.22. The monoisotopic (exact) mass is 340 g/mol. The van der Waals surface area contributed by atoms with Crippen molar-refractivity contribution >= 4 is 34.5 Å². The van der Waals surface area contributed by atoms with E-state index in [2.05, 4.69) is 15.3 Å². The summed E-state index contributed by atoms with van der Waals surface area (Å²) in [6, 6.07) is 16.4. The summed E-state index contributed by atoms with van der Waals surface area (Å²) in [5.74, 6) is -0.994. The van der Waals surface area contributed by atoms with E-state index in [1.165, 1.54) is 6.21 Å². The standard InChI is InChI=1S/C20H12N4O2/c21-9-12-5-7-13(8-6-12)10-23-18-17(19(25)24-20(18)26)15-11-22-16-4-2-1-3-14(15)16/h1-8,10-11,22H,(H,24,25,26).